The number of ether oxygens (including phenoxy) is 2. The van der Waals surface area contributed by atoms with Crippen LogP contribution in [0.1, 0.15) is 20.8 Å². The summed E-state index contributed by atoms with van der Waals surface area (Å²) in [5, 5.41) is 15.2. The van der Waals surface area contributed by atoms with E-state index in [1.807, 2.05) is 0 Å². The minimum absolute atomic E-state index is 0. The number of hydrogen-bond acceptors (Lipinski definition) is 6. The topological polar surface area (TPSA) is 93.1 Å². The Balaban J connectivity index is -0.000000292. The van der Waals surface area contributed by atoms with Crippen molar-refractivity contribution < 1.29 is 46.1 Å². The van der Waals surface area contributed by atoms with Crippen molar-refractivity contribution in [3.63, 3.8) is 0 Å². The van der Waals surface area contributed by atoms with Crippen LogP contribution in [0.15, 0.2) is 0 Å². The number of esters is 2. The van der Waals surface area contributed by atoms with Crippen LogP contribution in [0.5, 0.6) is 0 Å². The normalized spacial score (nSPS) is 10.1. The molecule has 0 aliphatic rings. The Kier molecular flexibility index (Phi) is 18.6. The number of aliphatic hydroxyl groups is 2. The van der Waals surface area contributed by atoms with Gasteiger partial charge in [-0.3, -0.25) is 9.59 Å². The van der Waals surface area contributed by atoms with Crippen LogP contribution in [0.2, 0.25) is 0 Å². The Morgan fingerprint density at radius 1 is 1.12 bits per heavy atom. The van der Waals surface area contributed by atoms with Gasteiger partial charge in [0.05, 0.1) is 13.2 Å². The summed E-state index contributed by atoms with van der Waals surface area (Å²) in [6.45, 7) is 4.14. The van der Waals surface area contributed by atoms with Gasteiger partial charge < -0.3 is 19.7 Å². The molecule has 16 heavy (non-hydrogen) atoms. The molecule has 0 aromatic rings. The summed E-state index contributed by atoms with van der Waals surface area (Å²) in [4.78, 5) is 20.6. The van der Waals surface area contributed by atoms with E-state index in [1.54, 1.807) is 6.92 Å². The van der Waals surface area contributed by atoms with Crippen molar-refractivity contribution in [2.24, 2.45) is 0 Å². The first-order valence-corrected chi connectivity index (χ1v) is 4.46. The van der Waals surface area contributed by atoms with Gasteiger partial charge in [-0.25, -0.2) is 0 Å². The van der Waals surface area contributed by atoms with E-state index in [9.17, 15) is 9.59 Å². The van der Waals surface area contributed by atoms with Gasteiger partial charge in [0.2, 0.25) is 0 Å². The Hall–Kier alpha value is -0.634. The molecule has 0 aliphatic heterocycles. The second-order valence-electron chi connectivity index (χ2n) is 2.67. The number of rotatable bonds is 4. The van der Waals surface area contributed by atoms with Crippen molar-refractivity contribution in [3.8, 4) is 0 Å². The SMILES string of the molecule is CC(=O)OCC(C)OC(C)=O.OCCO.[Co]. The minimum Gasteiger partial charge on any atom is -0.462 e. The van der Waals surface area contributed by atoms with Crippen LogP contribution >= 0.6 is 0 Å². The summed E-state index contributed by atoms with van der Waals surface area (Å²) in [7, 11) is 0. The number of carbonyl (C=O) groups is 2. The van der Waals surface area contributed by atoms with Crippen molar-refractivity contribution in [2.75, 3.05) is 19.8 Å². The standard InChI is InChI=1S/C7H12O4.C2H6O2.Co/c1-5(11-7(3)9)4-10-6(2)8;3-1-2-4;/h5H,4H2,1-3H3;3-4H,1-2H2;. The zero-order chi connectivity index (χ0) is 12.3. The van der Waals surface area contributed by atoms with Gasteiger partial charge in [0, 0.05) is 30.6 Å². The van der Waals surface area contributed by atoms with Crippen molar-refractivity contribution in [3.05, 3.63) is 0 Å². The van der Waals surface area contributed by atoms with Crippen LogP contribution < -0.4 is 0 Å². The quantitative estimate of drug-likeness (QED) is 0.673. The molecule has 0 amide bonds. The molecule has 0 spiro atoms. The third-order valence-corrected chi connectivity index (χ3v) is 0.988. The molecular weight excluding hydrogens is 263 g/mol. The van der Waals surface area contributed by atoms with E-state index in [2.05, 4.69) is 9.47 Å². The molecular formula is C9H18CoO6. The van der Waals surface area contributed by atoms with E-state index < -0.39 is 0 Å². The largest absolute Gasteiger partial charge is 0.462 e. The van der Waals surface area contributed by atoms with Crippen LogP contribution in [0.3, 0.4) is 0 Å². The Bertz CT molecular complexity index is 183. The van der Waals surface area contributed by atoms with Gasteiger partial charge in [-0.15, -0.1) is 0 Å². The van der Waals surface area contributed by atoms with Gasteiger partial charge in [-0.05, 0) is 6.92 Å². The second kappa shape index (κ2) is 14.4. The van der Waals surface area contributed by atoms with E-state index in [4.69, 9.17) is 10.2 Å². The molecule has 0 aliphatic carbocycles. The zero-order valence-electron chi connectivity index (χ0n) is 9.56. The summed E-state index contributed by atoms with van der Waals surface area (Å²) in [6, 6.07) is 0. The predicted molar refractivity (Wildman–Crippen MR) is 52.0 cm³/mol. The third kappa shape index (κ3) is 23.3. The molecule has 0 bridgehead atoms. The minimum atomic E-state index is -0.371. The van der Waals surface area contributed by atoms with Crippen LogP contribution in [0.4, 0.5) is 0 Å². The van der Waals surface area contributed by atoms with Gasteiger partial charge in [-0.2, -0.15) is 0 Å². The molecule has 0 aromatic heterocycles. The summed E-state index contributed by atoms with van der Waals surface area (Å²) in [6.07, 6.45) is -0.364. The average molecular weight is 281 g/mol. The molecule has 1 unspecified atom stereocenters. The monoisotopic (exact) mass is 281 g/mol. The molecule has 6 nitrogen and oxygen atoms in total. The van der Waals surface area contributed by atoms with Crippen LogP contribution in [-0.2, 0) is 35.8 Å². The van der Waals surface area contributed by atoms with Gasteiger partial charge in [0.1, 0.15) is 12.7 Å². The first-order valence-electron chi connectivity index (χ1n) is 4.46. The van der Waals surface area contributed by atoms with Crippen LogP contribution in [0, 0.1) is 0 Å². The van der Waals surface area contributed by atoms with Crippen LogP contribution in [0.25, 0.3) is 0 Å². The Labute approximate surface area is 105 Å². The van der Waals surface area contributed by atoms with Gasteiger partial charge >= 0.3 is 11.9 Å². The molecule has 7 heteroatoms. The number of aliphatic hydroxyl groups excluding tert-OH is 2. The van der Waals surface area contributed by atoms with Crippen molar-refractivity contribution in [2.45, 2.75) is 26.9 Å². The summed E-state index contributed by atoms with van der Waals surface area (Å²) in [5.41, 5.74) is 0. The predicted octanol–water partition coefficient (Wildman–Crippen LogP) is -0.530. The maximum Gasteiger partial charge on any atom is 0.303 e. The molecule has 1 atom stereocenters. The summed E-state index contributed by atoms with van der Waals surface area (Å²) in [5.74, 6) is -0.742. The van der Waals surface area contributed by atoms with E-state index in [1.165, 1.54) is 13.8 Å². The van der Waals surface area contributed by atoms with Crippen molar-refractivity contribution in [1.82, 2.24) is 0 Å². The molecule has 0 rings (SSSR count). The van der Waals surface area contributed by atoms with E-state index >= 15 is 0 Å². The average Bonchev–Trinajstić information content (AvgIpc) is 2.14. The van der Waals surface area contributed by atoms with E-state index in [0.29, 0.717) is 0 Å². The summed E-state index contributed by atoms with van der Waals surface area (Å²) >= 11 is 0. The first kappa shape index (κ1) is 20.7. The molecule has 0 fully saturated rings. The molecule has 0 saturated carbocycles. The molecule has 1 radical (unpaired) electrons. The fourth-order valence-corrected chi connectivity index (χ4v) is 0.552. The van der Waals surface area contributed by atoms with Crippen molar-refractivity contribution in [1.29, 1.82) is 0 Å². The maximum absolute atomic E-state index is 10.3. The smallest absolute Gasteiger partial charge is 0.303 e. The molecule has 0 heterocycles. The number of carbonyl (C=O) groups excluding carboxylic acids is 2. The van der Waals surface area contributed by atoms with Gasteiger partial charge in [-0.1, -0.05) is 0 Å². The maximum atomic E-state index is 10.3. The Morgan fingerprint density at radius 3 is 1.81 bits per heavy atom. The third-order valence-electron chi connectivity index (χ3n) is 0.988. The van der Waals surface area contributed by atoms with E-state index in [0.717, 1.165) is 0 Å². The van der Waals surface area contributed by atoms with Crippen LogP contribution in [-0.4, -0.2) is 48.1 Å². The molecule has 2 N–H and O–H groups in total. The second-order valence-corrected chi connectivity index (χ2v) is 2.67. The first-order chi connectivity index (χ1) is 6.93. The van der Waals surface area contributed by atoms with Crippen molar-refractivity contribution >= 4 is 11.9 Å². The molecule has 0 saturated heterocycles. The zero-order valence-corrected chi connectivity index (χ0v) is 10.6. The Morgan fingerprint density at radius 2 is 1.56 bits per heavy atom. The van der Waals surface area contributed by atoms with Gasteiger partial charge in [0.25, 0.3) is 0 Å². The molecule has 99 valence electrons. The van der Waals surface area contributed by atoms with Gasteiger partial charge in [0.15, 0.2) is 0 Å². The molecule has 0 aromatic carbocycles. The fourth-order valence-electron chi connectivity index (χ4n) is 0.552. The van der Waals surface area contributed by atoms with E-state index in [-0.39, 0.29) is 54.6 Å². The fraction of sp³-hybridized carbons (Fsp3) is 0.778. The number of hydrogen-bond donors (Lipinski definition) is 2. The summed E-state index contributed by atoms with van der Waals surface area (Å²) < 4.78 is 9.27.